The number of hydrogen-bond acceptors (Lipinski definition) is 6. The third kappa shape index (κ3) is 6.79. The molecule has 5 rings (SSSR count). The summed E-state index contributed by atoms with van der Waals surface area (Å²) in [5.74, 6) is 0. The molecule has 0 amide bonds. The first-order valence-electron chi connectivity index (χ1n) is 13.5. The van der Waals surface area contributed by atoms with E-state index in [1.165, 1.54) is 37.2 Å². The second kappa shape index (κ2) is 13.8. The van der Waals surface area contributed by atoms with Crippen LogP contribution in [0.1, 0.15) is 17.5 Å². The number of aromatic nitrogens is 1. The van der Waals surface area contributed by atoms with Crippen molar-refractivity contribution >= 4 is 50.2 Å². The minimum Gasteiger partial charge on any atom is -0.377 e. The summed E-state index contributed by atoms with van der Waals surface area (Å²) in [5, 5.41) is 3.87. The van der Waals surface area contributed by atoms with Gasteiger partial charge in [0.05, 0.1) is 52.9 Å². The third-order valence-corrected chi connectivity index (χ3v) is 7.94. The minimum atomic E-state index is 0.592. The molecule has 7 heteroatoms. The molecule has 0 saturated carbocycles. The summed E-state index contributed by atoms with van der Waals surface area (Å²) in [6, 6.07) is 21.9. The number of thiazole rings is 1. The highest BCUT2D eigenvalue weighted by atomic mass is 32.1. The lowest BCUT2D eigenvalue weighted by molar-refractivity contribution is -0.665. The van der Waals surface area contributed by atoms with Crippen LogP contribution in [0.2, 0.25) is 0 Å². The van der Waals surface area contributed by atoms with Crippen LogP contribution < -0.4 is 9.47 Å². The van der Waals surface area contributed by atoms with Crippen molar-refractivity contribution in [2.45, 2.75) is 13.5 Å². The number of anilines is 1. The van der Waals surface area contributed by atoms with Crippen molar-refractivity contribution in [3.8, 4) is 0 Å². The maximum atomic E-state index is 5.79. The van der Waals surface area contributed by atoms with Crippen LogP contribution in [0.15, 0.2) is 60.7 Å². The fourth-order valence-corrected chi connectivity index (χ4v) is 5.99. The van der Waals surface area contributed by atoms with Crippen LogP contribution in [0.25, 0.3) is 33.1 Å². The van der Waals surface area contributed by atoms with E-state index in [0.29, 0.717) is 52.9 Å². The fourth-order valence-electron chi connectivity index (χ4n) is 4.72. The Kier molecular flexibility index (Phi) is 9.75. The molecule has 0 aliphatic carbocycles. The molecule has 0 unspecified atom stereocenters. The summed E-state index contributed by atoms with van der Waals surface area (Å²) in [6.45, 7) is 9.63. The Morgan fingerprint density at radius 3 is 2.03 bits per heavy atom. The van der Waals surface area contributed by atoms with Crippen molar-refractivity contribution < 1.29 is 23.5 Å². The van der Waals surface area contributed by atoms with Crippen molar-refractivity contribution in [2.75, 3.05) is 70.8 Å². The van der Waals surface area contributed by atoms with E-state index in [1.54, 1.807) is 0 Å². The first kappa shape index (κ1) is 26.8. The van der Waals surface area contributed by atoms with Crippen LogP contribution in [-0.4, -0.2) is 65.9 Å². The van der Waals surface area contributed by atoms with Gasteiger partial charge in [0.2, 0.25) is 5.52 Å². The molecular formula is C31H37N2O4S+. The maximum absolute atomic E-state index is 5.79. The lowest BCUT2D eigenvalue weighted by Gasteiger charge is -2.25. The van der Waals surface area contributed by atoms with E-state index >= 15 is 0 Å². The van der Waals surface area contributed by atoms with Gasteiger partial charge in [-0.3, -0.25) is 0 Å². The molecule has 1 aromatic heterocycles. The number of aryl methyl sites for hydroxylation is 1. The molecule has 0 bridgehead atoms. The van der Waals surface area contributed by atoms with E-state index in [2.05, 4.69) is 89.2 Å². The molecule has 4 aromatic rings. The van der Waals surface area contributed by atoms with Crippen LogP contribution in [0.5, 0.6) is 0 Å². The van der Waals surface area contributed by atoms with Crippen LogP contribution in [0.4, 0.5) is 5.69 Å². The molecule has 0 spiro atoms. The highest BCUT2D eigenvalue weighted by Gasteiger charge is 2.18. The molecule has 2 heterocycles. The molecule has 200 valence electrons. The predicted octanol–water partition coefficient (Wildman–Crippen LogP) is 5.42. The van der Waals surface area contributed by atoms with E-state index in [1.807, 2.05) is 11.3 Å². The number of hydrogen-bond donors (Lipinski definition) is 0. The highest BCUT2D eigenvalue weighted by molar-refractivity contribution is 7.19. The molecule has 1 fully saturated rings. The van der Waals surface area contributed by atoms with Gasteiger partial charge in [-0.15, -0.1) is 0 Å². The van der Waals surface area contributed by atoms with Crippen molar-refractivity contribution in [3.05, 3.63) is 71.2 Å². The van der Waals surface area contributed by atoms with Gasteiger partial charge in [-0.25, -0.2) is 0 Å². The SMILES string of the molecule is CC[n+]1c(/C=C/c2ccc(N3CCOCCOCCOCCOCC3)cc2)sc2c3ccccc3ccc21. The maximum Gasteiger partial charge on any atom is 0.262 e. The lowest BCUT2D eigenvalue weighted by Crippen LogP contribution is -2.33. The van der Waals surface area contributed by atoms with Crippen molar-refractivity contribution in [3.63, 3.8) is 0 Å². The number of fused-ring (bicyclic) bond motifs is 3. The van der Waals surface area contributed by atoms with E-state index in [0.717, 1.165) is 19.6 Å². The van der Waals surface area contributed by atoms with Gasteiger partial charge in [-0.2, -0.15) is 4.57 Å². The Hall–Kier alpha value is -2.81. The zero-order valence-corrected chi connectivity index (χ0v) is 23.0. The zero-order valence-electron chi connectivity index (χ0n) is 22.1. The van der Waals surface area contributed by atoms with E-state index in [9.17, 15) is 0 Å². The monoisotopic (exact) mass is 533 g/mol. The number of nitrogens with zero attached hydrogens (tertiary/aromatic N) is 2. The smallest absolute Gasteiger partial charge is 0.262 e. The molecule has 0 atom stereocenters. The molecule has 38 heavy (non-hydrogen) atoms. The molecular weight excluding hydrogens is 496 g/mol. The summed E-state index contributed by atoms with van der Waals surface area (Å²) in [4.78, 5) is 2.32. The van der Waals surface area contributed by atoms with Crippen molar-refractivity contribution in [1.29, 1.82) is 0 Å². The first-order chi connectivity index (χ1) is 18.8. The molecule has 1 aliphatic rings. The van der Waals surface area contributed by atoms with Gasteiger partial charge in [0.1, 0.15) is 11.2 Å². The average molecular weight is 534 g/mol. The van der Waals surface area contributed by atoms with Crippen molar-refractivity contribution in [2.24, 2.45) is 0 Å². The van der Waals surface area contributed by atoms with E-state index in [-0.39, 0.29) is 0 Å². The van der Waals surface area contributed by atoms with Crippen LogP contribution in [0.3, 0.4) is 0 Å². The standard InChI is InChI=1S/C31H37N2O4S/c1-2-33-29-13-10-26-5-3-4-6-28(26)31(29)38-30(33)14-9-25-7-11-27(12-8-25)32-15-17-34-19-21-36-23-24-37-22-20-35-18-16-32/h3-14H,2,15-24H2,1H3/q+1. The van der Waals surface area contributed by atoms with Crippen LogP contribution >= 0.6 is 11.3 Å². The summed E-state index contributed by atoms with van der Waals surface area (Å²) < 4.78 is 26.4. The summed E-state index contributed by atoms with van der Waals surface area (Å²) in [6.07, 6.45) is 4.45. The molecule has 0 N–H and O–H groups in total. The normalized spacial score (nSPS) is 17.1. The second-order valence-electron chi connectivity index (χ2n) is 9.18. The average Bonchev–Trinajstić information content (AvgIpc) is 3.32. The van der Waals surface area contributed by atoms with Crippen LogP contribution in [-0.2, 0) is 25.5 Å². The molecule has 1 aliphatic heterocycles. The predicted molar refractivity (Wildman–Crippen MR) is 156 cm³/mol. The van der Waals surface area contributed by atoms with Gasteiger partial charge >= 0.3 is 0 Å². The third-order valence-electron chi connectivity index (χ3n) is 6.74. The van der Waals surface area contributed by atoms with E-state index in [4.69, 9.17) is 18.9 Å². The van der Waals surface area contributed by atoms with Gasteiger partial charge in [-0.1, -0.05) is 47.7 Å². The first-order valence-corrected chi connectivity index (χ1v) is 14.3. The number of ether oxygens (including phenoxy) is 4. The fraction of sp³-hybridized carbons (Fsp3) is 0.387. The minimum absolute atomic E-state index is 0.592. The Bertz CT molecular complexity index is 1320. The molecule has 3 aromatic carbocycles. The topological polar surface area (TPSA) is 44.0 Å². The highest BCUT2D eigenvalue weighted by Crippen LogP contribution is 2.30. The van der Waals surface area contributed by atoms with Gasteiger partial charge in [0.25, 0.3) is 5.01 Å². The van der Waals surface area contributed by atoms with Gasteiger partial charge in [0, 0.05) is 36.3 Å². The van der Waals surface area contributed by atoms with Crippen LogP contribution in [0, 0.1) is 0 Å². The van der Waals surface area contributed by atoms with Gasteiger partial charge < -0.3 is 23.8 Å². The quantitative estimate of drug-likeness (QED) is 0.328. The molecule has 6 nitrogen and oxygen atoms in total. The van der Waals surface area contributed by atoms with Gasteiger partial charge in [-0.05, 0) is 42.1 Å². The number of benzene rings is 3. The van der Waals surface area contributed by atoms with Gasteiger partial charge in [0.15, 0.2) is 0 Å². The summed E-state index contributed by atoms with van der Waals surface area (Å²) >= 11 is 1.86. The Balaban J connectivity index is 1.29. The molecule has 1 saturated heterocycles. The summed E-state index contributed by atoms with van der Waals surface area (Å²) in [7, 11) is 0. The Morgan fingerprint density at radius 1 is 0.737 bits per heavy atom. The van der Waals surface area contributed by atoms with Crippen molar-refractivity contribution in [1.82, 2.24) is 0 Å². The second-order valence-corrected chi connectivity index (χ2v) is 10.2. The van der Waals surface area contributed by atoms with E-state index < -0.39 is 0 Å². The zero-order chi connectivity index (χ0) is 26.0. The molecule has 0 radical (unpaired) electrons. The Morgan fingerprint density at radius 2 is 1.37 bits per heavy atom. The Labute approximate surface area is 229 Å². The summed E-state index contributed by atoms with van der Waals surface area (Å²) in [5.41, 5.74) is 3.65. The number of rotatable bonds is 4. The lowest BCUT2D eigenvalue weighted by atomic mass is 10.1. The largest absolute Gasteiger partial charge is 0.377 e.